The summed E-state index contributed by atoms with van der Waals surface area (Å²) >= 11 is 1.69. The van der Waals surface area contributed by atoms with Crippen molar-refractivity contribution in [2.45, 2.75) is 23.6 Å². The molecule has 0 spiro atoms. The van der Waals surface area contributed by atoms with Gasteiger partial charge >= 0.3 is 0 Å². The van der Waals surface area contributed by atoms with Crippen LogP contribution in [-0.2, 0) is 0 Å². The lowest BCUT2D eigenvalue weighted by Gasteiger charge is -2.11. The zero-order chi connectivity index (χ0) is 13.0. The highest BCUT2D eigenvalue weighted by molar-refractivity contribution is 8.00. The van der Waals surface area contributed by atoms with Crippen LogP contribution < -0.4 is 4.74 Å². The predicted molar refractivity (Wildman–Crippen MR) is 75.3 cm³/mol. The van der Waals surface area contributed by atoms with Crippen molar-refractivity contribution in [3.05, 3.63) is 30.5 Å². The minimum Gasteiger partial charge on any atom is -0.497 e. The average molecular weight is 263 g/mol. The van der Waals surface area contributed by atoms with Crippen molar-refractivity contribution in [3.8, 4) is 5.75 Å². The van der Waals surface area contributed by atoms with E-state index in [-0.39, 0.29) is 6.61 Å². The van der Waals surface area contributed by atoms with Gasteiger partial charge in [0.1, 0.15) is 10.8 Å². The van der Waals surface area contributed by atoms with Gasteiger partial charge in [-0.1, -0.05) is 13.0 Å². The number of aliphatic hydroxyl groups excluding tert-OH is 1. The molecule has 3 nitrogen and oxygen atoms in total. The molecule has 1 aromatic carbocycles. The molecule has 0 saturated heterocycles. The lowest BCUT2D eigenvalue weighted by Crippen LogP contribution is -2.00. The number of pyridine rings is 1. The van der Waals surface area contributed by atoms with Gasteiger partial charge in [-0.3, -0.25) is 0 Å². The third-order valence-corrected chi connectivity index (χ3v) is 3.97. The van der Waals surface area contributed by atoms with Crippen LogP contribution in [0.3, 0.4) is 0 Å². The zero-order valence-electron chi connectivity index (χ0n) is 10.6. The molecule has 0 saturated carbocycles. The number of methoxy groups -OCH3 is 1. The van der Waals surface area contributed by atoms with Gasteiger partial charge in [-0.05, 0) is 30.0 Å². The van der Waals surface area contributed by atoms with Crippen LogP contribution in [0.4, 0.5) is 0 Å². The van der Waals surface area contributed by atoms with Crippen molar-refractivity contribution < 1.29 is 9.84 Å². The average Bonchev–Trinajstić information content (AvgIpc) is 2.39. The van der Waals surface area contributed by atoms with Gasteiger partial charge < -0.3 is 9.84 Å². The quantitative estimate of drug-likeness (QED) is 0.842. The smallest absolute Gasteiger partial charge is 0.119 e. The fourth-order valence-electron chi connectivity index (χ4n) is 1.77. The van der Waals surface area contributed by atoms with E-state index in [1.165, 1.54) is 0 Å². The summed E-state index contributed by atoms with van der Waals surface area (Å²) in [6.45, 7) is 2.31. The van der Waals surface area contributed by atoms with Crippen molar-refractivity contribution in [3.63, 3.8) is 0 Å². The fourth-order valence-corrected chi connectivity index (χ4v) is 2.80. The molecule has 0 aliphatic heterocycles. The van der Waals surface area contributed by atoms with E-state index in [1.807, 2.05) is 30.5 Å². The maximum absolute atomic E-state index is 8.96. The second-order valence-corrected chi connectivity index (χ2v) is 5.57. The highest BCUT2D eigenvalue weighted by Gasteiger charge is 2.09. The molecular formula is C14H17NO2S. The van der Waals surface area contributed by atoms with E-state index in [0.29, 0.717) is 5.25 Å². The number of hydrogen-bond donors (Lipinski definition) is 1. The molecule has 1 unspecified atom stereocenters. The van der Waals surface area contributed by atoms with Crippen LogP contribution in [0.15, 0.2) is 35.5 Å². The monoisotopic (exact) mass is 263 g/mol. The van der Waals surface area contributed by atoms with Gasteiger partial charge in [0.15, 0.2) is 0 Å². The van der Waals surface area contributed by atoms with Crippen LogP contribution in [0.5, 0.6) is 5.75 Å². The standard InChI is InChI=1S/C14H17NO2S/c1-10(6-8-16)18-14-13-9-12(17-2)4-3-11(13)5-7-15-14/h3-5,7,9-10,16H,6,8H2,1-2H3. The van der Waals surface area contributed by atoms with Crippen molar-refractivity contribution in [2.24, 2.45) is 0 Å². The molecule has 0 aliphatic carbocycles. The van der Waals surface area contributed by atoms with Crippen LogP contribution in [-0.4, -0.2) is 29.1 Å². The summed E-state index contributed by atoms with van der Waals surface area (Å²) in [6, 6.07) is 8.00. The number of aliphatic hydroxyl groups is 1. The van der Waals surface area contributed by atoms with Crippen molar-refractivity contribution in [1.82, 2.24) is 4.98 Å². The summed E-state index contributed by atoms with van der Waals surface area (Å²) < 4.78 is 5.25. The van der Waals surface area contributed by atoms with Crippen LogP contribution in [0.25, 0.3) is 10.8 Å². The van der Waals surface area contributed by atoms with E-state index in [0.717, 1.165) is 28.0 Å². The van der Waals surface area contributed by atoms with Gasteiger partial charge in [-0.25, -0.2) is 4.98 Å². The number of benzene rings is 1. The first-order chi connectivity index (χ1) is 8.74. The minimum atomic E-state index is 0.211. The van der Waals surface area contributed by atoms with E-state index < -0.39 is 0 Å². The van der Waals surface area contributed by atoms with E-state index >= 15 is 0 Å². The SMILES string of the molecule is COc1ccc2ccnc(SC(C)CCO)c2c1. The lowest BCUT2D eigenvalue weighted by molar-refractivity contribution is 0.289. The minimum absolute atomic E-state index is 0.211. The second-order valence-electron chi connectivity index (χ2n) is 4.14. The first kappa shape index (κ1) is 13.2. The largest absolute Gasteiger partial charge is 0.497 e. The maximum Gasteiger partial charge on any atom is 0.119 e. The number of rotatable bonds is 5. The Bertz CT molecular complexity index is 530. The van der Waals surface area contributed by atoms with E-state index in [1.54, 1.807) is 18.9 Å². The summed E-state index contributed by atoms with van der Waals surface area (Å²) in [5.41, 5.74) is 0. The Morgan fingerprint density at radius 1 is 1.39 bits per heavy atom. The lowest BCUT2D eigenvalue weighted by atomic mass is 10.2. The summed E-state index contributed by atoms with van der Waals surface area (Å²) in [7, 11) is 1.67. The van der Waals surface area contributed by atoms with Crippen LogP contribution in [0.1, 0.15) is 13.3 Å². The highest BCUT2D eigenvalue weighted by atomic mass is 32.2. The summed E-state index contributed by atoms with van der Waals surface area (Å²) in [4.78, 5) is 4.43. The normalized spacial score (nSPS) is 12.6. The first-order valence-electron chi connectivity index (χ1n) is 5.95. The Morgan fingerprint density at radius 3 is 2.94 bits per heavy atom. The van der Waals surface area contributed by atoms with Gasteiger partial charge in [0.2, 0.25) is 0 Å². The Labute approximate surface area is 111 Å². The second kappa shape index (κ2) is 6.07. The molecule has 0 amide bonds. The number of nitrogens with zero attached hydrogens (tertiary/aromatic N) is 1. The van der Waals surface area contributed by atoms with Crippen molar-refractivity contribution in [2.75, 3.05) is 13.7 Å². The topological polar surface area (TPSA) is 42.4 Å². The van der Waals surface area contributed by atoms with Crippen molar-refractivity contribution in [1.29, 1.82) is 0 Å². The Morgan fingerprint density at radius 2 is 2.22 bits per heavy atom. The number of fused-ring (bicyclic) bond motifs is 1. The van der Waals surface area contributed by atoms with Gasteiger partial charge in [-0.2, -0.15) is 0 Å². The van der Waals surface area contributed by atoms with Gasteiger partial charge in [-0.15, -0.1) is 11.8 Å². The van der Waals surface area contributed by atoms with E-state index in [2.05, 4.69) is 11.9 Å². The zero-order valence-corrected chi connectivity index (χ0v) is 11.4. The first-order valence-corrected chi connectivity index (χ1v) is 6.83. The molecule has 4 heteroatoms. The van der Waals surface area contributed by atoms with Crippen LogP contribution >= 0.6 is 11.8 Å². The molecule has 1 atom stereocenters. The molecule has 1 N–H and O–H groups in total. The molecule has 0 bridgehead atoms. The van der Waals surface area contributed by atoms with Crippen LogP contribution in [0.2, 0.25) is 0 Å². The van der Waals surface area contributed by atoms with Gasteiger partial charge in [0.05, 0.1) is 7.11 Å². The maximum atomic E-state index is 8.96. The molecule has 0 radical (unpaired) electrons. The molecule has 2 rings (SSSR count). The molecular weight excluding hydrogens is 246 g/mol. The number of ether oxygens (including phenoxy) is 1. The van der Waals surface area contributed by atoms with Crippen molar-refractivity contribution >= 4 is 22.5 Å². The van der Waals surface area contributed by atoms with E-state index in [4.69, 9.17) is 9.84 Å². The predicted octanol–water partition coefficient (Wildman–Crippen LogP) is 3.11. The summed E-state index contributed by atoms with van der Waals surface area (Å²) in [5.74, 6) is 0.840. The Balaban J connectivity index is 2.36. The molecule has 1 heterocycles. The third-order valence-electron chi connectivity index (χ3n) is 2.79. The van der Waals surface area contributed by atoms with Crippen LogP contribution in [0, 0.1) is 0 Å². The number of hydrogen-bond acceptors (Lipinski definition) is 4. The van der Waals surface area contributed by atoms with Gasteiger partial charge in [0.25, 0.3) is 0 Å². The summed E-state index contributed by atoms with van der Waals surface area (Å²) in [5, 5.41) is 12.6. The van der Waals surface area contributed by atoms with Gasteiger partial charge in [0, 0.05) is 23.4 Å². The third kappa shape index (κ3) is 2.94. The Hall–Kier alpha value is -1.26. The highest BCUT2D eigenvalue weighted by Crippen LogP contribution is 2.31. The number of aromatic nitrogens is 1. The molecule has 2 aromatic rings. The number of thioether (sulfide) groups is 1. The molecule has 0 aliphatic rings. The van der Waals surface area contributed by atoms with E-state index in [9.17, 15) is 0 Å². The Kier molecular flexibility index (Phi) is 4.44. The molecule has 1 aromatic heterocycles. The molecule has 0 fully saturated rings. The molecule has 96 valence electrons. The fraction of sp³-hybridized carbons (Fsp3) is 0.357. The summed E-state index contributed by atoms with van der Waals surface area (Å²) in [6.07, 6.45) is 2.59. The molecule has 18 heavy (non-hydrogen) atoms.